The second kappa shape index (κ2) is 18.6. The Labute approximate surface area is 395 Å². The standard InChI is InChI=1S/C51H77N5O11/c1-29(2)31-16-21-51(28-65-41(60)25-46(4,5)44(62)64-27-34-33(54-55-52)24-38(66-34)56-26-30(3)43(61)53-45(56)63)23-22-49(9)32(42(31)51)14-15-36-48(8)19-18-37(67-40(59)13-11-12-39(57)58)47(6,7)35(48)17-20-50(36,49)10/h26,29,31-38,42H,11-25,27-28H2,1-10H3,(H,57,58)(H,53,61,63)/t31-,32+,33-,34+,35-,36+,37-,38+,42+,48-,49+,50+,51+/m0/s1. The molecule has 2 heterocycles. The molecule has 16 heteroatoms. The number of carboxylic acid groups (broad SMARTS) is 1. The molecule has 13 atom stereocenters. The van der Waals surface area contributed by atoms with Gasteiger partial charge in [-0.15, -0.1) is 0 Å². The van der Waals surface area contributed by atoms with Gasteiger partial charge in [0.1, 0.15) is 25.0 Å². The summed E-state index contributed by atoms with van der Waals surface area (Å²) in [5.74, 6) is 0.541. The number of aromatic amines is 1. The van der Waals surface area contributed by atoms with Crippen LogP contribution in [0.1, 0.15) is 170 Å². The minimum Gasteiger partial charge on any atom is -0.481 e. The number of H-pyrrole nitrogens is 1. The molecule has 0 unspecified atom stereocenters. The van der Waals surface area contributed by atoms with E-state index in [2.05, 4.69) is 63.5 Å². The van der Waals surface area contributed by atoms with Gasteiger partial charge >= 0.3 is 29.6 Å². The normalized spacial score (nSPS) is 37.5. The first kappa shape index (κ1) is 50.7. The number of aryl methyl sites for hydroxylation is 1. The Bertz CT molecular complexity index is 2250. The molecule has 67 heavy (non-hydrogen) atoms. The molecule has 6 fully saturated rings. The first-order chi connectivity index (χ1) is 31.3. The van der Waals surface area contributed by atoms with E-state index >= 15 is 0 Å². The number of esters is 3. The summed E-state index contributed by atoms with van der Waals surface area (Å²) in [6, 6.07) is -0.744. The Morgan fingerprint density at radius 1 is 0.940 bits per heavy atom. The monoisotopic (exact) mass is 936 g/mol. The first-order valence-electron chi connectivity index (χ1n) is 25.1. The summed E-state index contributed by atoms with van der Waals surface area (Å²) in [6.45, 7) is 21.9. The average Bonchev–Trinajstić information content (AvgIpc) is 3.83. The van der Waals surface area contributed by atoms with E-state index in [0.717, 1.165) is 64.2 Å². The van der Waals surface area contributed by atoms with E-state index in [0.29, 0.717) is 47.7 Å². The van der Waals surface area contributed by atoms with Crippen LogP contribution in [-0.4, -0.2) is 70.0 Å². The number of aromatic nitrogens is 2. The molecule has 0 aromatic carbocycles. The molecule has 2 N–H and O–H groups in total. The van der Waals surface area contributed by atoms with Gasteiger partial charge in [0, 0.05) is 46.8 Å². The van der Waals surface area contributed by atoms with Gasteiger partial charge in [0.25, 0.3) is 5.56 Å². The van der Waals surface area contributed by atoms with Crippen LogP contribution in [0, 0.1) is 74.9 Å². The molecular weight excluding hydrogens is 859 g/mol. The molecule has 1 aromatic heterocycles. The summed E-state index contributed by atoms with van der Waals surface area (Å²) in [6.07, 6.45) is 10.3. The maximum absolute atomic E-state index is 13.8. The van der Waals surface area contributed by atoms with Gasteiger partial charge < -0.3 is 24.1 Å². The van der Waals surface area contributed by atoms with E-state index in [1.54, 1.807) is 20.8 Å². The number of nitrogens with one attached hydrogen (secondary N) is 1. The second-order valence-electron chi connectivity index (χ2n) is 24.0. The Morgan fingerprint density at radius 2 is 1.67 bits per heavy atom. The number of hydrogen-bond acceptors (Lipinski definition) is 11. The van der Waals surface area contributed by atoms with Crippen molar-refractivity contribution in [2.24, 2.45) is 73.1 Å². The van der Waals surface area contributed by atoms with Crippen molar-refractivity contribution < 1.29 is 43.2 Å². The molecule has 0 bridgehead atoms. The lowest BCUT2D eigenvalue weighted by atomic mass is 9.32. The predicted octanol–water partition coefficient (Wildman–Crippen LogP) is 9.22. The number of carbonyl (C=O) groups excluding carboxylic acids is 3. The van der Waals surface area contributed by atoms with Crippen LogP contribution in [0.5, 0.6) is 0 Å². The maximum Gasteiger partial charge on any atom is 0.330 e. The largest absolute Gasteiger partial charge is 0.481 e. The van der Waals surface area contributed by atoms with E-state index in [1.807, 2.05) is 0 Å². The van der Waals surface area contributed by atoms with Gasteiger partial charge in [-0.25, -0.2) is 4.79 Å². The molecule has 16 nitrogen and oxygen atoms in total. The van der Waals surface area contributed by atoms with Crippen LogP contribution in [0.15, 0.2) is 20.9 Å². The number of nitrogens with zero attached hydrogens (tertiary/aromatic N) is 4. The highest BCUT2D eigenvalue weighted by atomic mass is 16.6. The summed E-state index contributed by atoms with van der Waals surface area (Å²) in [7, 11) is 0. The highest BCUT2D eigenvalue weighted by molar-refractivity contribution is 5.82. The zero-order valence-corrected chi connectivity index (χ0v) is 41.7. The van der Waals surface area contributed by atoms with Crippen molar-refractivity contribution in [3.8, 4) is 0 Å². The minimum atomic E-state index is -1.23. The van der Waals surface area contributed by atoms with Crippen molar-refractivity contribution >= 4 is 23.9 Å². The van der Waals surface area contributed by atoms with Crippen LogP contribution in [0.25, 0.3) is 10.4 Å². The SMILES string of the molecule is Cc1cn([C@H]2C[C@H](N=[N+]=[N-])[C@@H](COC(=O)C(C)(C)CC(=O)OC[C@]34CC[C@@H](C(C)C)[C@@H]3[C@H]3CC[C@@H]5[C@@]6(C)CC[C@H](OC(=O)CCCC(=O)O)C(C)(C)[C@@H]6CC[C@@]5(C)[C@]3(C)CC4)O2)c(=O)[nH]c1=O. The summed E-state index contributed by atoms with van der Waals surface area (Å²) >= 11 is 0. The van der Waals surface area contributed by atoms with Crippen molar-refractivity contribution in [2.45, 2.75) is 190 Å². The average molecular weight is 936 g/mol. The first-order valence-corrected chi connectivity index (χ1v) is 25.1. The van der Waals surface area contributed by atoms with Crippen molar-refractivity contribution in [2.75, 3.05) is 13.2 Å². The smallest absolute Gasteiger partial charge is 0.330 e. The number of ether oxygens (including phenoxy) is 4. The fourth-order valence-corrected chi connectivity index (χ4v) is 15.7. The number of carbonyl (C=O) groups is 4. The van der Waals surface area contributed by atoms with Crippen LogP contribution >= 0.6 is 0 Å². The van der Waals surface area contributed by atoms with Gasteiger partial charge in [0.15, 0.2) is 0 Å². The number of rotatable bonds is 15. The summed E-state index contributed by atoms with van der Waals surface area (Å²) in [5.41, 5.74) is 7.08. The fraction of sp³-hybridized carbons (Fsp3) is 0.843. The lowest BCUT2D eigenvalue weighted by molar-refractivity contribution is -0.253. The Morgan fingerprint density at radius 3 is 2.36 bits per heavy atom. The number of hydrogen-bond donors (Lipinski definition) is 2. The van der Waals surface area contributed by atoms with Crippen molar-refractivity contribution in [1.82, 2.24) is 9.55 Å². The highest BCUT2D eigenvalue weighted by Gasteiger charge is 2.71. The zero-order valence-electron chi connectivity index (χ0n) is 41.7. The lowest BCUT2D eigenvalue weighted by Crippen LogP contribution is -2.67. The van der Waals surface area contributed by atoms with Crippen molar-refractivity contribution in [1.29, 1.82) is 0 Å². The maximum atomic E-state index is 13.8. The molecule has 5 aliphatic carbocycles. The molecule has 0 radical (unpaired) electrons. The molecule has 1 aromatic rings. The minimum absolute atomic E-state index is 0.0370. The van der Waals surface area contributed by atoms with Crippen molar-refractivity contribution in [3.63, 3.8) is 0 Å². The van der Waals surface area contributed by atoms with Gasteiger partial charge in [-0.2, -0.15) is 0 Å². The highest BCUT2D eigenvalue weighted by Crippen LogP contribution is 2.77. The third-order valence-corrected chi connectivity index (χ3v) is 19.4. The molecule has 1 aliphatic heterocycles. The van der Waals surface area contributed by atoms with Crippen LogP contribution in [-0.2, 0) is 38.1 Å². The van der Waals surface area contributed by atoms with E-state index in [-0.39, 0.29) is 77.9 Å². The topological polar surface area (TPSA) is 229 Å². The zero-order chi connectivity index (χ0) is 49.1. The van der Waals surface area contributed by atoms with Crippen LogP contribution in [0.3, 0.4) is 0 Å². The van der Waals surface area contributed by atoms with Crippen LogP contribution < -0.4 is 11.2 Å². The third-order valence-electron chi connectivity index (χ3n) is 19.4. The molecule has 7 rings (SSSR count). The molecule has 0 amide bonds. The van der Waals surface area contributed by atoms with E-state index in [4.69, 9.17) is 24.1 Å². The van der Waals surface area contributed by atoms with Gasteiger partial charge in [-0.05, 0) is 149 Å². The Hall–Kier alpha value is -4.17. The van der Waals surface area contributed by atoms with Gasteiger partial charge in [0.05, 0.1) is 24.5 Å². The second-order valence-corrected chi connectivity index (χ2v) is 24.0. The number of aliphatic carboxylic acids is 1. The third kappa shape index (κ3) is 9.11. The Balaban J connectivity index is 0.999. The van der Waals surface area contributed by atoms with Gasteiger partial charge in [-0.1, -0.05) is 53.6 Å². The van der Waals surface area contributed by atoms with Crippen LogP contribution in [0.2, 0.25) is 0 Å². The molecular formula is C51H77N5O11. The molecule has 0 spiro atoms. The van der Waals surface area contributed by atoms with Crippen molar-refractivity contribution in [3.05, 3.63) is 43.0 Å². The quantitative estimate of drug-likeness (QED) is 0.0553. The van der Waals surface area contributed by atoms with E-state index in [1.165, 1.54) is 10.8 Å². The van der Waals surface area contributed by atoms with E-state index < -0.39 is 52.9 Å². The molecule has 1 saturated heterocycles. The molecule has 5 saturated carbocycles. The summed E-state index contributed by atoms with van der Waals surface area (Å²) in [5, 5.41) is 12.9. The molecule has 6 aliphatic rings. The Kier molecular flexibility index (Phi) is 14.1. The van der Waals surface area contributed by atoms with Gasteiger partial charge in [0.2, 0.25) is 0 Å². The van der Waals surface area contributed by atoms with Gasteiger partial charge in [-0.3, -0.25) is 33.5 Å². The fourth-order valence-electron chi connectivity index (χ4n) is 15.7. The number of carboxylic acids is 1. The summed E-state index contributed by atoms with van der Waals surface area (Å²) < 4.78 is 25.4. The number of fused-ring (bicyclic) bond motifs is 7. The van der Waals surface area contributed by atoms with E-state index in [9.17, 15) is 34.3 Å². The van der Waals surface area contributed by atoms with Crippen LogP contribution in [0.4, 0.5) is 0 Å². The lowest BCUT2D eigenvalue weighted by Gasteiger charge is -2.73. The summed E-state index contributed by atoms with van der Waals surface area (Å²) in [4.78, 5) is 81.1. The molecule has 372 valence electrons. The predicted molar refractivity (Wildman–Crippen MR) is 248 cm³/mol. The number of azide groups is 1.